The molecule has 1 saturated heterocycles. The van der Waals surface area contributed by atoms with Gasteiger partial charge in [0.1, 0.15) is 11.9 Å². The molecule has 1 atom stereocenters. The van der Waals surface area contributed by atoms with Crippen molar-refractivity contribution in [2.45, 2.75) is 44.9 Å². The molecule has 0 bridgehead atoms. The maximum absolute atomic E-state index is 12.9. The zero-order chi connectivity index (χ0) is 17.7. The van der Waals surface area contributed by atoms with Crippen LogP contribution in [-0.4, -0.2) is 38.4 Å². The number of amides is 1. The Morgan fingerprint density at radius 1 is 1.21 bits per heavy atom. The smallest absolute Gasteiger partial charge is 0.240 e. The van der Waals surface area contributed by atoms with Gasteiger partial charge in [0.05, 0.1) is 5.75 Å². The highest BCUT2D eigenvalue weighted by Crippen LogP contribution is 2.15. The SMILES string of the molecule is CC(C)C[C@@H](NS(=O)(=O)Cc1ccc(F)cc1)C(=O)N1CCCC1. The molecule has 1 aliphatic heterocycles. The van der Waals surface area contributed by atoms with Crippen molar-refractivity contribution in [3.8, 4) is 0 Å². The maximum Gasteiger partial charge on any atom is 0.240 e. The zero-order valence-electron chi connectivity index (χ0n) is 14.2. The van der Waals surface area contributed by atoms with Crippen molar-refractivity contribution >= 4 is 15.9 Å². The number of nitrogens with one attached hydrogen (secondary N) is 1. The number of carbonyl (C=O) groups is 1. The van der Waals surface area contributed by atoms with Gasteiger partial charge >= 0.3 is 0 Å². The van der Waals surface area contributed by atoms with Gasteiger partial charge in [-0.3, -0.25) is 4.79 Å². The molecular formula is C17H25FN2O3S. The molecule has 7 heteroatoms. The Hall–Kier alpha value is -1.47. The van der Waals surface area contributed by atoms with Gasteiger partial charge in [0.15, 0.2) is 0 Å². The average Bonchev–Trinajstić information content (AvgIpc) is 3.01. The second kappa shape index (κ2) is 8.07. The summed E-state index contributed by atoms with van der Waals surface area (Å²) in [5.74, 6) is -0.639. The number of halogens is 1. The van der Waals surface area contributed by atoms with Gasteiger partial charge < -0.3 is 4.90 Å². The Kier molecular flexibility index (Phi) is 6.34. The van der Waals surface area contributed by atoms with Crippen LogP contribution in [0.3, 0.4) is 0 Å². The summed E-state index contributed by atoms with van der Waals surface area (Å²) in [6.45, 7) is 5.29. The summed E-state index contributed by atoms with van der Waals surface area (Å²) in [7, 11) is -3.69. The molecule has 1 aromatic carbocycles. The van der Waals surface area contributed by atoms with E-state index in [2.05, 4.69) is 4.72 Å². The number of likely N-dealkylation sites (tertiary alicyclic amines) is 1. The summed E-state index contributed by atoms with van der Waals surface area (Å²) < 4.78 is 40.3. The van der Waals surface area contributed by atoms with E-state index in [0.29, 0.717) is 25.1 Å². The van der Waals surface area contributed by atoms with Crippen molar-refractivity contribution in [2.24, 2.45) is 5.92 Å². The van der Waals surface area contributed by atoms with E-state index < -0.39 is 21.9 Å². The summed E-state index contributed by atoms with van der Waals surface area (Å²) in [5.41, 5.74) is 0.487. The van der Waals surface area contributed by atoms with Crippen LogP contribution >= 0.6 is 0 Å². The molecule has 1 N–H and O–H groups in total. The number of benzene rings is 1. The highest BCUT2D eigenvalue weighted by molar-refractivity contribution is 7.88. The van der Waals surface area contributed by atoms with E-state index in [1.807, 2.05) is 13.8 Å². The number of hydrogen-bond donors (Lipinski definition) is 1. The fourth-order valence-electron chi connectivity index (χ4n) is 2.89. The summed E-state index contributed by atoms with van der Waals surface area (Å²) >= 11 is 0. The Morgan fingerprint density at radius 2 is 1.79 bits per heavy atom. The first-order chi connectivity index (χ1) is 11.3. The van der Waals surface area contributed by atoms with Gasteiger partial charge in [-0.05, 0) is 42.9 Å². The molecule has 0 spiro atoms. The third-order valence-electron chi connectivity index (χ3n) is 4.01. The molecule has 0 radical (unpaired) electrons. The topological polar surface area (TPSA) is 66.5 Å². The minimum atomic E-state index is -3.69. The molecule has 1 fully saturated rings. The first-order valence-corrected chi connectivity index (χ1v) is 9.95. The third kappa shape index (κ3) is 5.56. The number of nitrogens with zero attached hydrogens (tertiary/aromatic N) is 1. The van der Waals surface area contributed by atoms with Crippen molar-refractivity contribution in [2.75, 3.05) is 13.1 Å². The second-order valence-corrected chi connectivity index (χ2v) is 8.47. The van der Waals surface area contributed by atoms with Crippen LogP contribution in [0.1, 0.15) is 38.7 Å². The fraction of sp³-hybridized carbons (Fsp3) is 0.588. The van der Waals surface area contributed by atoms with Crippen molar-refractivity contribution < 1.29 is 17.6 Å². The molecule has 134 valence electrons. The van der Waals surface area contributed by atoms with Gasteiger partial charge in [-0.2, -0.15) is 0 Å². The summed E-state index contributed by atoms with van der Waals surface area (Å²) in [5, 5.41) is 0. The molecule has 24 heavy (non-hydrogen) atoms. The molecule has 0 saturated carbocycles. The van der Waals surface area contributed by atoms with Crippen LogP contribution < -0.4 is 4.72 Å². The predicted molar refractivity (Wildman–Crippen MR) is 91.2 cm³/mol. The van der Waals surface area contributed by atoms with E-state index in [0.717, 1.165) is 12.8 Å². The van der Waals surface area contributed by atoms with E-state index in [1.54, 1.807) is 4.90 Å². The Bertz CT molecular complexity index is 653. The first kappa shape index (κ1) is 18.9. The molecule has 1 heterocycles. The van der Waals surface area contributed by atoms with Crippen LogP contribution in [0.25, 0.3) is 0 Å². The minimum absolute atomic E-state index is 0.149. The van der Waals surface area contributed by atoms with Crippen molar-refractivity contribution in [1.29, 1.82) is 0 Å². The number of carbonyl (C=O) groups excluding carboxylic acids is 1. The van der Waals surface area contributed by atoms with E-state index in [1.165, 1.54) is 24.3 Å². The van der Waals surface area contributed by atoms with Gasteiger partial charge in [-0.1, -0.05) is 26.0 Å². The molecule has 1 aromatic rings. The fourth-order valence-corrected chi connectivity index (χ4v) is 4.23. The lowest BCUT2D eigenvalue weighted by Crippen LogP contribution is -2.48. The van der Waals surface area contributed by atoms with Crippen LogP contribution in [0.4, 0.5) is 4.39 Å². The van der Waals surface area contributed by atoms with Crippen LogP contribution in [0.15, 0.2) is 24.3 Å². The highest BCUT2D eigenvalue weighted by atomic mass is 32.2. The van der Waals surface area contributed by atoms with Crippen molar-refractivity contribution in [1.82, 2.24) is 9.62 Å². The Morgan fingerprint density at radius 3 is 2.33 bits per heavy atom. The van der Waals surface area contributed by atoms with E-state index in [4.69, 9.17) is 0 Å². The van der Waals surface area contributed by atoms with Crippen molar-refractivity contribution in [3.05, 3.63) is 35.6 Å². The summed E-state index contributed by atoms with van der Waals surface area (Å²) in [6, 6.07) is 4.59. The van der Waals surface area contributed by atoms with Crippen LogP contribution in [0, 0.1) is 11.7 Å². The zero-order valence-corrected chi connectivity index (χ0v) is 15.0. The monoisotopic (exact) mass is 356 g/mol. The third-order valence-corrected chi connectivity index (χ3v) is 5.37. The number of hydrogen-bond acceptors (Lipinski definition) is 3. The van der Waals surface area contributed by atoms with E-state index >= 15 is 0 Å². The second-order valence-electron chi connectivity index (χ2n) is 6.72. The van der Waals surface area contributed by atoms with Gasteiger partial charge in [0.2, 0.25) is 15.9 Å². The van der Waals surface area contributed by atoms with Gasteiger partial charge in [0.25, 0.3) is 0 Å². The van der Waals surface area contributed by atoms with E-state index in [9.17, 15) is 17.6 Å². The summed E-state index contributed by atoms with van der Waals surface area (Å²) in [4.78, 5) is 14.3. The van der Waals surface area contributed by atoms with Crippen LogP contribution in [0.5, 0.6) is 0 Å². The van der Waals surface area contributed by atoms with Gasteiger partial charge in [0, 0.05) is 13.1 Å². The highest BCUT2D eigenvalue weighted by Gasteiger charge is 2.30. The Balaban J connectivity index is 2.08. The van der Waals surface area contributed by atoms with Crippen molar-refractivity contribution in [3.63, 3.8) is 0 Å². The minimum Gasteiger partial charge on any atom is -0.341 e. The maximum atomic E-state index is 12.9. The number of rotatable bonds is 7. The first-order valence-electron chi connectivity index (χ1n) is 8.30. The largest absolute Gasteiger partial charge is 0.341 e. The molecule has 5 nitrogen and oxygen atoms in total. The average molecular weight is 356 g/mol. The lowest BCUT2D eigenvalue weighted by molar-refractivity contribution is -0.132. The quantitative estimate of drug-likeness (QED) is 0.815. The van der Waals surface area contributed by atoms with E-state index in [-0.39, 0.29) is 17.6 Å². The Labute approximate surface area is 143 Å². The number of sulfonamides is 1. The van der Waals surface area contributed by atoms with Gasteiger partial charge in [-0.15, -0.1) is 0 Å². The molecule has 1 aliphatic rings. The molecule has 2 rings (SSSR count). The standard InChI is InChI=1S/C17H25FN2O3S/c1-13(2)11-16(17(21)20-9-3-4-10-20)19-24(22,23)12-14-5-7-15(18)8-6-14/h5-8,13,16,19H,3-4,9-12H2,1-2H3/t16-/m1/s1. The molecule has 0 aromatic heterocycles. The van der Waals surface area contributed by atoms with Gasteiger partial charge in [-0.25, -0.2) is 17.5 Å². The molecule has 0 unspecified atom stereocenters. The lowest BCUT2D eigenvalue weighted by atomic mass is 10.0. The normalized spacial score (nSPS) is 16.6. The lowest BCUT2D eigenvalue weighted by Gasteiger charge is -2.25. The molecular weight excluding hydrogens is 331 g/mol. The molecule has 0 aliphatic carbocycles. The van der Waals surface area contributed by atoms with Crippen LogP contribution in [-0.2, 0) is 20.6 Å². The predicted octanol–water partition coefficient (Wildman–Crippen LogP) is 2.28. The molecule has 1 amide bonds. The summed E-state index contributed by atoms with van der Waals surface area (Å²) in [6.07, 6.45) is 2.38. The van der Waals surface area contributed by atoms with Crippen LogP contribution in [0.2, 0.25) is 0 Å².